The van der Waals surface area contributed by atoms with E-state index in [-0.39, 0.29) is 23.9 Å². The van der Waals surface area contributed by atoms with Crippen LogP contribution in [-0.2, 0) is 19.6 Å². The van der Waals surface area contributed by atoms with E-state index in [1.807, 2.05) is 0 Å². The van der Waals surface area contributed by atoms with Crippen molar-refractivity contribution in [2.75, 3.05) is 24.2 Å². The molecule has 200 valence electrons. The van der Waals surface area contributed by atoms with Crippen molar-refractivity contribution in [2.24, 2.45) is 0 Å². The number of hydrogen-bond donors (Lipinski definition) is 3. The Morgan fingerprint density at radius 1 is 1.08 bits per heavy atom. The number of anilines is 2. The number of benzene rings is 3. The predicted octanol–water partition coefficient (Wildman–Crippen LogP) is 4.48. The zero-order chi connectivity index (χ0) is 27.7. The summed E-state index contributed by atoms with van der Waals surface area (Å²) in [5.74, 6) is -0.696. The van der Waals surface area contributed by atoms with Crippen LogP contribution < -0.4 is 19.9 Å². The number of nitrogens with zero attached hydrogens (tertiary/aromatic N) is 1. The first-order chi connectivity index (χ1) is 17.9. The van der Waals surface area contributed by atoms with E-state index in [4.69, 9.17) is 19.9 Å². The Morgan fingerprint density at radius 2 is 1.79 bits per heavy atom. The molecule has 0 amide bonds. The van der Waals surface area contributed by atoms with Crippen LogP contribution >= 0.6 is 0 Å². The molecule has 0 atom stereocenters. The number of H-pyrrole nitrogens is 1. The molecule has 0 bridgehead atoms. The summed E-state index contributed by atoms with van der Waals surface area (Å²) in [6.45, 7) is 4.94. The summed E-state index contributed by atoms with van der Waals surface area (Å²) in [5.41, 5.74) is 7.53. The molecule has 3 aromatic carbocycles. The summed E-state index contributed by atoms with van der Waals surface area (Å²) in [6, 6.07) is 13.4. The van der Waals surface area contributed by atoms with Crippen molar-refractivity contribution in [3.05, 3.63) is 60.4 Å². The molecule has 1 aromatic heterocycles. The lowest BCUT2D eigenvalue weighted by Gasteiger charge is -2.19. The van der Waals surface area contributed by atoms with Crippen LogP contribution in [0.15, 0.2) is 59.5 Å². The van der Waals surface area contributed by atoms with Gasteiger partial charge in [0.2, 0.25) is 0 Å². The number of aromatic nitrogens is 2. The van der Waals surface area contributed by atoms with E-state index in [1.54, 1.807) is 45.0 Å². The largest absolute Gasteiger partial charge is 0.497 e. The first-order valence-electron chi connectivity index (χ1n) is 11.5. The monoisotopic (exact) mass is 542 g/mol. The number of carbonyl (C=O) groups excluding carboxylic acids is 1. The van der Waals surface area contributed by atoms with Gasteiger partial charge >= 0.3 is 5.97 Å². The summed E-state index contributed by atoms with van der Waals surface area (Å²) in [5, 5.41) is 7.37. The number of rotatable bonds is 8. The van der Waals surface area contributed by atoms with E-state index in [9.17, 15) is 17.6 Å². The van der Waals surface area contributed by atoms with Gasteiger partial charge < -0.3 is 19.9 Å². The third-order valence-corrected chi connectivity index (χ3v) is 6.72. The minimum absolute atomic E-state index is 0.209. The highest BCUT2D eigenvalue weighted by Gasteiger charge is 2.21. The van der Waals surface area contributed by atoms with E-state index < -0.39 is 32.3 Å². The first-order valence-corrected chi connectivity index (χ1v) is 12.9. The van der Waals surface area contributed by atoms with Crippen molar-refractivity contribution < 1.29 is 31.8 Å². The predicted molar refractivity (Wildman–Crippen MR) is 141 cm³/mol. The minimum atomic E-state index is -4.21. The maximum Gasteiger partial charge on any atom is 0.344 e. The van der Waals surface area contributed by atoms with Gasteiger partial charge in [0.1, 0.15) is 27.8 Å². The van der Waals surface area contributed by atoms with Gasteiger partial charge in [-0.25, -0.2) is 17.6 Å². The van der Waals surface area contributed by atoms with E-state index in [2.05, 4.69) is 14.9 Å². The average molecular weight is 543 g/mol. The Balaban J connectivity index is 1.59. The molecule has 0 spiro atoms. The summed E-state index contributed by atoms with van der Waals surface area (Å²) in [4.78, 5) is 11.6. The number of nitrogens with one attached hydrogen (secondary N) is 2. The van der Waals surface area contributed by atoms with Crippen LogP contribution in [0.5, 0.6) is 11.5 Å². The lowest BCUT2D eigenvalue weighted by Crippen LogP contribution is -2.27. The molecular formula is C26H27FN4O6S. The molecule has 4 aromatic rings. The molecule has 4 rings (SSSR count). The zero-order valence-electron chi connectivity index (χ0n) is 21.2. The van der Waals surface area contributed by atoms with E-state index in [0.717, 1.165) is 12.1 Å². The summed E-state index contributed by atoms with van der Waals surface area (Å²) in [6.07, 6.45) is 0. The molecule has 10 nitrogen and oxygen atoms in total. The molecule has 38 heavy (non-hydrogen) atoms. The Labute approximate surface area is 218 Å². The van der Waals surface area contributed by atoms with Gasteiger partial charge in [0.15, 0.2) is 12.4 Å². The van der Waals surface area contributed by atoms with Crippen LogP contribution in [0.4, 0.5) is 15.9 Å². The third kappa shape index (κ3) is 5.97. The van der Waals surface area contributed by atoms with Gasteiger partial charge in [-0.3, -0.25) is 9.82 Å². The lowest BCUT2D eigenvalue weighted by molar-refractivity contribution is -0.157. The van der Waals surface area contributed by atoms with Crippen LogP contribution in [0.2, 0.25) is 0 Å². The van der Waals surface area contributed by atoms with Crippen LogP contribution in [0.1, 0.15) is 20.8 Å². The van der Waals surface area contributed by atoms with Gasteiger partial charge in [-0.1, -0.05) is 12.1 Å². The molecule has 0 aliphatic heterocycles. The van der Waals surface area contributed by atoms with Gasteiger partial charge in [-0.2, -0.15) is 5.10 Å². The third-order valence-electron chi connectivity index (χ3n) is 5.32. The van der Waals surface area contributed by atoms with E-state index in [0.29, 0.717) is 27.8 Å². The number of nitrogens with two attached hydrogens (primary N) is 1. The standard InChI is InChI=1S/C26H27FN4O6S/c1-26(2,3)37-23(32)14-36-21-12-16(11-20-24(21)25(28)30-29-20)15-5-7-17(8-6-15)31-38(33,34)22-13-18(35-4)9-10-19(22)27/h5-13,31H,14H2,1-4H3,(H3,28,29,30). The number of ether oxygens (including phenoxy) is 3. The van der Waals surface area contributed by atoms with Crippen LogP contribution in [-0.4, -0.2) is 43.9 Å². The van der Waals surface area contributed by atoms with Crippen molar-refractivity contribution in [1.29, 1.82) is 0 Å². The van der Waals surface area contributed by atoms with Crippen molar-refractivity contribution >= 4 is 38.4 Å². The number of hydrogen-bond acceptors (Lipinski definition) is 8. The number of halogens is 1. The number of sulfonamides is 1. The van der Waals surface area contributed by atoms with E-state index >= 15 is 0 Å². The van der Waals surface area contributed by atoms with Crippen molar-refractivity contribution in [3.63, 3.8) is 0 Å². The van der Waals surface area contributed by atoms with Crippen molar-refractivity contribution in [3.8, 4) is 22.6 Å². The highest BCUT2D eigenvalue weighted by atomic mass is 32.2. The van der Waals surface area contributed by atoms with Crippen LogP contribution in [0.3, 0.4) is 0 Å². The molecule has 0 radical (unpaired) electrons. The molecule has 0 fully saturated rings. The molecular weight excluding hydrogens is 515 g/mol. The molecule has 1 heterocycles. The minimum Gasteiger partial charge on any atom is -0.497 e. The normalized spacial score (nSPS) is 11.8. The highest BCUT2D eigenvalue weighted by molar-refractivity contribution is 7.92. The van der Waals surface area contributed by atoms with Gasteiger partial charge in [0.05, 0.1) is 18.0 Å². The number of fused-ring (bicyclic) bond motifs is 1. The second-order valence-corrected chi connectivity index (χ2v) is 11.0. The molecule has 0 unspecified atom stereocenters. The smallest absolute Gasteiger partial charge is 0.344 e. The summed E-state index contributed by atoms with van der Waals surface area (Å²) < 4.78 is 58.2. The number of carbonyl (C=O) groups is 1. The highest BCUT2D eigenvalue weighted by Crippen LogP contribution is 2.35. The molecule has 0 aliphatic rings. The lowest BCUT2D eigenvalue weighted by atomic mass is 10.0. The van der Waals surface area contributed by atoms with Crippen LogP contribution in [0.25, 0.3) is 22.0 Å². The van der Waals surface area contributed by atoms with Crippen molar-refractivity contribution in [1.82, 2.24) is 10.2 Å². The number of methoxy groups -OCH3 is 1. The van der Waals surface area contributed by atoms with E-state index in [1.165, 1.54) is 25.3 Å². The van der Waals surface area contributed by atoms with Gasteiger partial charge in [0.25, 0.3) is 10.0 Å². The second-order valence-electron chi connectivity index (χ2n) is 9.36. The average Bonchev–Trinajstić information content (AvgIpc) is 3.22. The molecule has 12 heteroatoms. The molecule has 4 N–H and O–H groups in total. The Hall–Kier alpha value is -4.32. The fraction of sp³-hybridized carbons (Fsp3) is 0.231. The Bertz CT molecular complexity index is 1590. The topological polar surface area (TPSA) is 146 Å². The number of nitrogen functional groups attached to an aromatic ring is 1. The Kier molecular flexibility index (Phi) is 7.18. The van der Waals surface area contributed by atoms with Gasteiger partial charge in [0, 0.05) is 11.8 Å². The maximum absolute atomic E-state index is 14.2. The summed E-state index contributed by atoms with van der Waals surface area (Å²) in [7, 11) is -2.85. The molecule has 0 aliphatic carbocycles. The molecule has 0 saturated carbocycles. The fourth-order valence-electron chi connectivity index (χ4n) is 3.69. The Morgan fingerprint density at radius 3 is 2.45 bits per heavy atom. The van der Waals surface area contributed by atoms with Gasteiger partial charge in [-0.15, -0.1) is 0 Å². The zero-order valence-corrected chi connectivity index (χ0v) is 22.0. The summed E-state index contributed by atoms with van der Waals surface area (Å²) >= 11 is 0. The fourth-order valence-corrected chi connectivity index (χ4v) is 4.84. The van der Waals surface area contributed by atoms with Gasteiger partial charge in [-0.05, 0) is 68.3 Å². The first kappa shape index (κ1) is 26.7. The number of aromatic amines is 1. The second kappa shape index (κ2) is 10.2. The number of esters is 1. The van der Waals surface area contributed by atoms with Crippen LogP contribution in [0, 0.1) is 5.82 Å². The molecule has 0 saturated heterocycles. The SMILES string of the molecule is COc1ccc(F)c(S(=O)(=O)Nc2ccc(-c3cc(OCC(=O)OC(C)(C)C)c4c(N)n[nH]c4c3)cc2)c1. The quantitative estimate of drug-likeness (QED) is 0.276. The van der Waals surface area contributed by atoms with Crippen molar-refractivity contribution in [2.45, 2.75) is 31.3 Å². The maximum atomic E-state index is 14.2.